The molecule has 1 saturated heterocycles. The molecule has 1 aromatic rings. The van der Waals surface area contributed by atoms with E-state index in [0.29, 0.717) is 6.42 Å². The van der Waals surface area contributed by atoms with Crippen molar-refractivity contribution in [3.63, 3.8) is 0 Å². The van der Waals surface area contributed by atoms with Crippen LogP contribution in [0.25, 0.3) is 0 Å². The van der Waals surface area contributed by atoms with E-state index in [9.17, 15) is 13.0 Å². The first kappa shape index (κ1) is 18.5. The summed E-state index contributed by atoms with van der Waals surface area (Å²) in [5.74, 6) is -1.66. The van der Waals surface area contributed by atoms with Crippen molar-refractivity contribution in [3.05, 3.63) is 30.3 Å². The lowest BCUT2D eigenvalue weighted by Gasteiger charge is -2.33. The molecule has 22 heavy (non-hydrogen) atoms. The summed E-state index contributed by atoms with van der Waals surface area (Å²) in [6.07, 6.45) is 0.516. The third-order valence-electron chi connectivity index (χ3n) is 2.78. The fourth-order valence-corrected chi connectivity index (χ4v) is 6.74. The fourth-order valence-electron chi connectivity index (χ4n) is 1.75. The van der Waals surface area contributed by atoms with Crippen molar-refractivity contribution in [2.75, 3.05) is 13.2 Å². The van der Waals surface area contributed by atoms with Crippen LogP contribution in [-0.2, 0) is 23.6 Å². The molecule has 1 aromatic carbocycles. The van der Waals surface area contributed by atoms with Crippen molar-refractivity contribution in [1.29, 1.82) is 0 Å². The SMILES string of the molecule is O=P1([C@H](NS(=O)(=O)c2ccccc2)C(Cl)(Cl)Cl)OCCCO1. The first-order chi connectivity index (χ1) is 10.2. The van der Waals surface area contributed by atoms with E-state index in [-0.39, 0.29) is 18.1 Å². The number of rotatable bonds is 4. The highest BCUT2D eigenvalue weighted by atomic mass is 35.6. The number of alkyl halides is 3. The minimum absolute atomic E-state index is 0.0575. The molecule has 0 bridgehead atoms. The molecule has 1 N–H and O–H groups in total. The highest BCUT2D eigenvalue weighted by molar-refractivity contribution is 7.89. The monoisotopic (exact) mass is 407 g/mol. The number of hydrogen-bond acceptors (Lipinski definition) is 5. The molecule has 6 nitrogen and oxygen atoms in total. The van der Waals surface area contributed by atoms with Crippen LogP contribution < -0.4 is 4.72 Å². The second-order valence-electron chi connectivity index (χ2n) is 4.44. The van der Waals surface area contributed by atoms with Gasteiger partial charge >= 0.3 is 7.60 Å². The van der Waals surface area contributed by atoms with Gasteiger partial charge in [0.05, 0.1) is 18.1 Å². The van der Waals surface area contributed by atoms with Gasteiger partial charge in [0.1, 0.15) is 0 Å². The summed E-state index contributed by atoms with van der Waals surface area (Å²) in [6, 6.07) is 7.44. The van der Waals surface area contributed by atoms with Gasteiger partial charge in [-0.3, -0.25) is 4.57 Å². The number of benzene rings is 1. The molecule has 1 fully saturated rings. The molecule has 124 valence electrons. The lowest BCUT2D eigenvalue weighted by atomic mass is 10.4. The van der Waals surface area contributed by atoms with E-state index in [1.165, 1.54) is 24.3 Å². The molecular formula is C11H13Cl3NO5PS. The Morgan fingerprint density at radius 3 is 2.18 bits per heavy atom. The minimum Gasteiger partial charge on any atom is -0.307 e. The zero-order valence-electron chi connectivity index (χ0n) is 11.1. The van der Waals surface area contributed by atoms with Crippen LogP contribution in [0.5, 0.6) is 0 Å². The van der Waals surface area contributed by atoms with Crippen molar-refractivity contribution < 1.29 is 22.0 Å². The molecule has 1 aliphatic heterocycles. The van der Waals surface area contributed by atoms with Crippen LogP contribution in [0.4, 0.5) is 0 Å². The highest BCUT2D eigenvalue weighted by Crippen LogP contribution is 2.60. The minimum atomic E-state index is -4.07. The van der Waals surface area contributed by atoms with Gasteiger partial charge in [0.25, 0.3) is 0 Å². The summed E-state index contributed by atoms with van der Waals surface area (Å²) < 4.78 is 47.5. The van der Waals surface area contributed by atoms with Crippen LogP contribution in [0, 0.1) is 0 Å². The van der Waals surface area contributed by atoms with Gasteiger partial charge < -0.3 is 9.05 Å². The second kappa shape index (κ2) is 6.95. The van der Waals surface area contributed by atoms with Gasteiger partial charge in [-0.15, -0.1) is 0 Å². The van der Waals surface area contributed by atoms with Crippen LogP contribution in [0.15, 0.2) is 35.2 Å². The van der Waals surface area contributed by atoms with Gasteiger partial charge in [0.15, 0.2) is 5.78 Å². The highest BCUT2D eigenvalue weighted by Gasteiger charge is 2.52. The summed E-state index contributed by atoms with van der Waals surface area (Å²) in [6.45, 7) is 0.253. The van der Waals surface area contributed by atoms with E-state index in [4.69, 9.17) is 43.9 Å². The molecule has 1 heterocycles. The van der Waals surface area contributed by atoms with Gasteiger partial charge in [-0.1, -0.05) is 53.0 Å². The second-order valence-corrected chi connectivity index (χ2v) is 10.6. The average Bonchev–Trinajstić information content (AvgIpc) is 2.45. The fraction of sp³-hybridized carbons (Fsp3) is 0.455. The molecular weight excluding hydrogens is 396 g/mol. The third-order valence-corrected chi connectivity index (χ3v) is 7.74. The Bertz CT molecular complexity index is 654. The molecule has 11 heteroatoms. The summed E-state index contributed by atoms with van der Waals surface area (Å²) in [7, 11) is -8.01. The van der Waals surface area contributed by atoms with E-state index in [0.717, 1.165) is 0 Å². The molecule has 2 rings (SSSR count). The van der Waals surface area contributed by atoms with Crippen molar-refractivity contribution in [1.82, 2.24) is 4.72 Å². The molecule has 0 amide bonds. The molecule has 0 aromatic heterocycles. The van der Waals surface area contributed by atoms with Gasteiger partial charge in [0.2, 0.25) is 13.8 Å². The Labute approximate surface area is 143 Å². The Kier molecular flexibility index (Phi) is 5.84. The Morgan fingerprint density at radius 2 is 1.68 bits per heavy atom. The quantitative estimate of drug-likeness (QED) is 0.611. The number of nitrogens with one attached hydrogen (secondary N) is 1. The maximum atomic E-state index is 12.7. The Balaban J connectivity index is 2.34. The topological polar surface area (TPSA) is 81.7 Å². The lowest BCUT2D eigenvalue weighted by Crippen LogP contribution is -2.45. The molecule has 0 radical (unpaired) electrons. The first-order valence-electron chi connectivity index (χ1n) is 6.18. The van der Waals surface area contributed by atoms with Gasteiger partial charge in [-0.2, -0.15) is 4.72 Å². The van der Waals surface area contributed by atoms with Crippen molar-refractivity contribution in [3.8, 4) is 0 Å². The van der Waals surface area contributed by atoms with E-state index >= 15 is 0 Å². The van der Waals surface area contributed by atoms with Crippen LogP contribution >= 0.6 is 42.4 Å². The Morgan fingerprint density at radius 1 is 1.14 bits per heavy atom. The van der Waals surface area contributed by atoms with E-state index in [1.54, 1.807) is 6.07 Å². The largest absolute Gasteiger partial charge is 0.352 e. The van der Waals surface area contributed by atoms with Crippen molar-refractivity contribution in [2.45, 2.75) is 20.9 Å². The van der Waals surface area contributed by atoms with Crippen LogP contribution in [0.3, 0.4) is 0 Å². The van der Waals surface area contributed by atoms with Crippen LogP contribution in [-0.4, -0.2) is 31.2 Å². The molecule has 0 spiro atoms. The number of sulfonamides is 1. The zero-order chi connectivity index (χ0) is 16.4. The maximum Gasteiger partial charge on any atom is 0.352 e. The van der Waals surface area contributed by atoms with Gasteiger partial charge in [-0.25, -0.2) is 8.42 Å². The van der Waals surface area contributed by atoms with E-state index in [2.05, 4.69) is 4.72 Å². The molecule has 1 atom stereocenters. The van der Waals surface area contributed by atoms with Crippen LogP contribution in [0.2, 0.25) is 0 Å². The molecule has 0 aliphatic carbocycles. The lowest BCUT2D eigenvalue weighted by molar-refractivity contribution is 0.139. The predicted molar refractivity (Wildman–Crippen MR) is 85.0 cm³/mol. The van der Waals surface area contributed by atoms with E-state index in [1.807, 2.05) is 0 Å². The molecule has 0 saturated carbocycles. The van der Waals surface area contributed by atoms with Crippen molar-refractivity contribution in [2.24, 2.45) is 0 Å². The number of halogens is 3. The average molecular weight is 409 g/mol. The predicted octanol–water partition coefficient (Wildman–Crippen LogP) is 3.29. The zero-order valence-corrected chi connectivity index (χ0v) is 15.1. The standard InChI is InChI=1S/C11H13Cl3NO5PS/c12-11(13,14)10(21(16)19-7-4-8-20-21)15-22(17,18)9-5-2-1-3-6-9/h1-3,5-6,10,15H,4,7-8H2/t10-/m0/s1. The summed E-state index contributed by atoms with van der Waals surface area (Å²) >= 11 is 17.4. The van der Waals surface area contributed by atoms with E-state index < -0.39 is 27.2 Å². The van der Waals surface area contributed by atoms with Crippen LogP contribution in [0.1, 0.15) is 6.42 Å². The summed E-state index contributed by atoms with van der Waals surface area (Å²) in [5, 5.41) is 0. The third kappa shape index (κ3) is 4.36. The molecule has 0 unspecified atom stereocenters. The van der Waals surface area contributed by atoms with Gasteiger partial charge in [0, 0.05) is 0 Å². The Hall–Kier alpha value is 0.150. The number of hydrogen-bond donors (Lipinski definition) is 1. The molecule has 1 aliphatic rings. The summed E-state index contributed by atoms with van der Waals surface area (Å²) in [5.41, 5.74) is 0. The summed E-state index contributed by atoms with van der Waals surface area (Å²) in [4.78, 5) is -0.0575. The smallest absolute Gasteiger partial charge is 0.307 e. The van der Waals surface area contributed by atoms with Gasteiger partial charge in [-0.05, 0) is 18.6 Å². The first-order valence-corrected chi connectivity index (χ1v) is 10.4. The maximum absolute atomic E-state index is 12.7. The van der Waals surface area contributed by atoms with Crippen molar-refractivity contribution >= 4 is 52.4 Å². The normalized spacial score (nSPS) is 20.5.